The Morgan fingerprint density at radius 1 is 1.33 bits per heavy atom. The van der Waals surface area contributed by atoms with Gasteiger partial charge in [-0.05, 0) is 12.8 Å². The van der Waals surface area contributed by atoms with Gasteiger partial charge in [0, 0.05) is 25.0 Å². The zero-order valence-electron chi connectivity index (χ0n) is 7.38. The van der Waals surface area contributed by atoms with Crippen LogP contribution in [-0.4, -0.2) is 30.5 Å². The zero-order valence-corrected chi connectivity index (χ0v) is 7.38. The molecule has 0 amide bonds. The molecule has 1 aliphatic carbocycles. The molecule has 1 atom stereocenters. The van der Waals surface area contributed by atoms with E-state index in [1.165, 1.54) is 6.42 Å². The van der Waals surface area contributed by atoms with Crippen molar-refractivity contribution in [3.05, 3.63) is 0 Å². The fourth-order valence-electron chi connectivity index (χ4n) is 2.44. The summed E-state index contributed by atoms with van der Waals surface area (Å²) in [5.74, 6) is 0. The number of hydrogen-bond donors (Lipinski definition) is 2. The summed E-state index contributed by atoms with van der Waals surface area (Å²) in [6, 6.07) is 0. The number of hydrogen-bond acceptors (Lipinski definition) is 3. The SMILES string of the molecule is NCC1(O)CCOCC12CCC2. The molecule has 3 nitrogen and oxygen atoms in total. The Kier molecular flexibility index (Phi) is 1.90. The standard InChI is InChI=1S/C9H17NO2/c10-6-9(11)4-5-12-7-8(9)2-1-3-8/h11H,1-7,10H2. The van der Waals surface area contributed by atoms with E-state index in [1.54, 1.807) is 0 Å². The molecule has 12 heavy (non-hydrogen) atoms. The first-order chi connectivity index (χ1) is 5.72. The van der Waals surface area contributed by atoms with Gasteiger partial charge in [-0.15, -0.1) is 0 Å². The molecule has 1 saturated carbocycles. The molecular weight excluding hydrogens is 154 g/mol. The summed E-state index contributed by atoms with van der Waals surface area (Å²) in [6.45, 7) is 1.76. The minimum absolute atomic E-state index is 0.0139. The van der Waals surface area contributed by atoms with Crippen molar-refractivity contribution in [2.24, 2.45) is 11.1 Å². The highest BCUT2D eigenvalue weighted by atomic mass is 16.5. The third-order valence-electron chi connectivity index (χ3n) is 3.67. The molecule has 3 heteroatoms. The van der Waals surface area contributed by atoms with E-state index < -0.39 is 5.60 Å². The predicted octanol–water partition coefficient (Wildman–Crippen LogP) is 0.267. The molecule has 1 saturated heterocycles. The molecule has 0 aromatic carbocycles. The topological polar surface area (TPSA) is 55.5 Å². The van der Waals surface area contributed by atoms with Crippen LogP contribution in [0.3, 0.4) is 0 Å². The van der Waals surface area contributed by atoms with E-state index in [4.69, 9.17) is 10.5 Å². The maximum absolute atomic E-state index is 10.2. The molecule has 3 N–H and O–H groups in total. The quantitative estimate of drug-likeness (QED) is 0.595. The van der Waals surface area contributed by atoms with Gasteiger partial charge in [0.15, 0.2) is 0 Å². The van der Waals surface area contributed by atoms with E-state index in [0.717, 1.165) is 12.8 Å². The van der Waals surface area contributed by atoms with Gasteiger partial charge in [0.1, 0.15) is 0 Å². The lowest BCUT2D eigenvalue weighted by molar-refractivity contribution is -0.199. The average molecular weight is 171 g/mol. The monoisotopic (exact) mass is 171 g/mol. The van der Waals surface area contributed by atoms with Crippen molar-refractivity contribution < 1.29 is 9.84 Å². The van der Waals surface area contributed by atoms with Gasteiger partial charge >= 0.3 is 0 Å². The molecule has 2 fully saturated rings. The van der Waals surface area contributed by atoms with Crippen LogP contribution in [0.4, 0.5) is 0 Å². The Morgan fingerprint density at radius 3 is 2.50 bits per heavy atom. The Labute approximate surface area is 72.9 Å². The van der Waals surface area contributed by atoms with Crippen molar-refractivity contribution in [1.82, 2.24) is 0 Å². The molecule has 1 unspecified atom stereocenters. The normalized spacial score (nSPS) is 39.5. The molecule has 2 rings (SSSR count). The fraction of sp³-hybridized carbons (Fsp3) is 1.00. The van der Waals surface area contributed by atoms with Crippen LogP contribution in [0.25, 0.3) is 0 Å². The van der Waals surface area contributed by atoms with E-state index in [0.29, 0.717) is 26.2 Å². The third kappa shape index (κ3) is 0.934. The van der Waals surface area contributed by atoms with Crippen LogP contribution < -0.4 is 5.73 Å². The van der Waals surface area contributed by atoms with Gasteiger partial charge in [0.2, 0.25) is 0 Å². The second-order valence-electron chi connectivity index (χ2n) is 4.17. The van der Waals surface area contributed by atoms with Gasteiger partial charge in [-0.3, -0.25) is 0 Å². The van der Waals surface area contributed by atoms with Crippen molar-refractivity contribution in [1.29, 1.82) is 0 Å². The van der Waals surface area contributed by atoms with Crippen molar-refractivity contribution >= 4 is 0 Å². The molecule has 2 aliphatic rings. The molecule has 0 aromatic rings. The lowest BCUT2D eigenvalue weighted by atomic mass is 9.57. The van der Waals surface area contributed by atoms with Crippen LogP contribution in [0.15, 0.2) is 0 Å². The first-order valence-corrected chi connectivity index (χ1v) is 4.73. The van der Waals surface area contributed by atoms with E-state index in [2.05, 4.69) is 0 Å². The average Bonchev–Trinajstić information content (AvgIpc) is 2.02. The number of nitrogens with two attached hydrogens (primary N) is 1. The van der Waals surface area contributed by atoms with Gasteiger partial charge in [-0.25, -0.2) is 0 Å². The molecule has 70 valence electrons. The molecule has 0 radical (unpaired) electrons. The summed E-state index contributed by atoms with van der Waals surface area (Å²) in [6.07, 6.45) is 4.09. The summed E-state index contributed by atoms with van der Waals surface area (Å²) in [5, 5.41) is 10.2. The minimum atomic E-state index is -0.635. The van der Waals surface area contributed by atoms with Crippen LogP contribution >= 0.6 is 0 Å². The zero-order chi connectivity index (χ0) is 8.66. The first-order valence-electron chi connectivity index (χ1n) is 4.73. The summed E-state index contributed by atoms with van der Waals surface area (Å²) in [5.41, 5.74) is 5.00. The lowest BCUT2D eigenvalue weighted by Gasteiger charge is -2.55. The molecule has 1 aliphatic heterocycles. The number of aliphatic hydroxyl groups is 1. The van der Waals surface area contributed by atoms with Crippen LogP contribution in [0.2, 0.25) is 0 Å². The van der Waals surface area contributed by atoms with Crippen molar-refractivity contribution in [2.45, 2.75) is 31.3 Å². The summed E-state index contributed by atoms with van der Waals surface area (Å²) < 4.78 is 5.41. The minimum Gasteiger partial charge on any atom is -0.388 e. The van der Waals surface area contributed by atoms with Gasteiger partial charge in [-0.1, -0.05) is 6.42 Å². The summed E-state index contributed by atoms with van der Waals surface area (Å²) >= 11 is 0. The van der Waals surface area contributed by atoms with Gasteiger partial charge in [0.05, 0.1) is 12.2 Å². The third-order valence-corrected chi connectivity index (χ3v) is 3.67. The number of rotatable bonds is 1. The smallest absolute Gasteiger partial charge is 0.0869 e. The maximum atomic E-state index is 10.2. The van der Waals surface area contributed by atoms with Gasteiger partial charge in [0.25, 0.3) is 0 Å². The molecule has 1 spiro atoms. The van der Waals surface area contributed by atoms with Crippen LogP contribution in [0.1, 0.15) is 25.7 Å². The second-order valence-corrected chi connectivity index (χ2v) is 4.17. The van der Waals surface area contributed by atoms with Crippen LogP contribution in [-0.2, 0) is 4.74 Å². The summed E-state index contributed by atoms with van der Waals surface area (Å²) in [4.78, 5) is 0. The van der Waals surface area contributed by atoms with Crippen molar-refractivity contribution in [3.63, 3.8) is 0 Å². The Bertz CT molecular complexity index is 168. The predicted molar refractivity (Wildman–Crippen MR) is 45.7 cm³/mol. The van der Waals surface area contributed by atoms with Crippen molar-refractivity contribution in [2.75, 3.05) is 19.8 Å². The first kappa shape index (κ1) is 8.48. The highest BCUT2D eigenvalue weighted by molar-refractivity contribution is 5.06. The molecule has 0 aromatic heterocycles. The summed E-state index contributed by atoms with van der Waals surface area (Å²) in [7, 11) is 0. The lowest BCUT2D eigenvalue weighted by Crippen LogP contribution is -2.62. The van der Waals surface area contributed by atoms with E-state index in [1.807, 2.05) is 0 Å². The molecule has 0 bridgehead atoms. The maximum Gasteiger partial charge on any atom is 0.0869 e. The second kappa shape index (κ2) is 2.69. The van der Waals surface area contributed by atoms with Gasteiger partial charge < -0.3 is 15.6 Å². The largest absolute Gasteiger partial charge is 0.388 e. The van der Waals surface area contributed by atoms with Crippen LogP contribution in [0.5, 0.6) is 0 Å². The van der Waals surface area contributed by atoms with Gasteiger partial charge in [-0.2, -0.15) is 0 Å². The Balaban J connectivity index is 2.16. The Morgan fingerprint density at radius 2 is 2.08 bits per heavy atom. The fourth-order valence-corrected chi connectivity index (χ4v) is 2.44. The van der Waals surface area contributed by atoms with E-state index in [9.17, 15) is 5.11 Å². The molecular formula is C9H17NO2. The highest BCUT2D eigenvalue weighted by Gasteiger charge is 2.54. The highest BCUT2D eigenvalue weighted by Crippen LogP contribution is 2.52. The van der Waals surface area contributed by atoms with E-state index >= 15 is 0 Å². The van der Waals surface area contributed by atoms with E-state index in [-0.39, 0.29) is 5.41 Å². The van der Waals surface area contributed by atoms with Crippen LogP contribution in [0, 0.1) is 5.41 Å². The molecule has 1 heterocycles. The number of ether oxygens (including phenoxy) is 1. The Hall–Kier alpha value is -0.120. The van der Waals surface area contributed by atoms with Crippen molar-refractivity contribution in [3.8, 4) is 0 Å².